The fourth-order valence-electron chi connectivity index (χ4n) is 2.53. The lowest BCUT2D eigenvalue weighted by atomic mass is 9.86. The molecule has 0 aromatic carbocycles. The van der Waals surface area contributed by atoms with Crippen molar-refractivity contribution in [3.8, 4) is 0 Å². The van der Waals surface area contributed by atoms with Gasteiger partial charge in [0, 0.05) is 45.5 Å². The van der Waals surface area contributed by atoms with Crippen LogP contribution in [-0.4, -0.2) is 55.7 Å². The van der Waals surface area contributed by atoms with Gasteiger partial charge in [0.15, 0.2) is 0 Å². The largest absolute Gasteiger partial charge is 0.481 e. The van der Waals surface area contributed by atoms with Gasteiger partial charge in [0.05, 0.1) is 11.2 Å². The quantitative estimate of drug-likeness (QED) is 0.492. The third kappa shape index (κ3) is 5.22. The van der Waals surface area contributed by atoms with Crippen molar-refractivity contribution in [2.24, 2.45) is 28.0 Å². The highest BCUT2D eigenvalue weighted by atomic mass is 16.5. The number of nitrogens with zero attached hydrogens (tertiary/aromatic N) is 3. The SMILES string of the molecule is CCN(CCC(C(=O)O)C1=CC(C(C)COC)CN=C1)N=O. The Hall–Kier alpha value is -1.76. The lowest BCUT2D eigenvalue weighted by molar-refractivity contribution is -0.140. The summed E-state index contributed by atoms with van der Waals surface area (Å²) in [5.41, 5.74) is 0.702. The minimum Gasteiger partial charge on any atom is -0.481 e. The molecule has 0 fully saturated rings. The molecule has 7 heteroatoms. The van der Waals surface area contributed by atoms with Gasteiger partial charge < -0.3 is 9.84 Å². The highest BCUT2D eigenvalue weighted by Gasteiger charge is 2.26. The number of aliphatic carboxylic acids is 1. The molecule has 22 heavy (non-hydrogen) atoms. The van der Waals surface area contributed by atoms with E-state index < -0.39 is 11.9 Å². The monoisotopic (exact) mass is 311 g/mol. The van der Waals surface area contributed by atoms with E-state index in [1.165, 1.54) is 5.01 Å². The number of rotatable bonds is 10. The Morgan fingerprint density at radius 2 is 2.36 bits per heavy atom. The number of hydrogen-bond donors (Lipinski definition) is 1. The number of ether oxygens (including phenoxy) is 1. The van der Waals surface area contributed by atoms with E-state index in [4.69, 9.17) is 4.74 Å². The molecule has 124 valence electrons. The molecule has 1 aliphatic heterocycles. The van der Waals surface area contributed by atoms with Crippen LogP contribution in [0.3, 0.4) is 0 Å². The normalized spacial score (nSPS) is 20.1. The van der Waals surface area contributed by atoms with Crippen LogP contribution >= 0.6 is 0 Å². The summed E-state index contributed by atoms with van der Waals surface area (Å²) in [4.78, 5) is 26.4. The van der Waals surface area contributed by atoms with Crippen molar-refractivity contribution in [1.29, 1.82) is 0 Å². The highest BCUT2D eigenvalue weighted by Crippen LogP contribution is 2.24. The highest BCUT2D eigenvalue weighted by molar-refractivity contribution is 5.89. The predicted octanol–water partition coefficient (Wildman–Crippen LogP) is 1.99. The van der Waals surface area contributed by atoms with Gasteiger partial charge in [0.25, 0.3) is 0 Å². The van der Waals surface area contributed by atoms with E-state index >= 15 is 0 Å². The Balaban J connectivity index is 2.79. The maximum Gasteiger partial charge on any atom is 0.311 e. The van der Waals surface area contributed by atoms with Crippen molar-refractivity contribution in [1.82, 2.24) is 5.01 Å². The maximum absolute atomic E-state index is 11.5. The van der Waals surface area contributed by atoms with Crippen LogP contribution in [0.2, 0.25) is 0 Å². The zero-order valence-electron chi connectivity index (χ0n) is 13.4. The third-order valence-electron chi connectivity index (χ3n) is 3.98. The van der Waals surface area contributed by atoms with Crippen LogP contribution in [0, 0.1) is 22.7 Å². The minimum atomic E-state index is -0.903. The van der Waals surface area contributed by atoms with Crippen LogP contribution in [0.1, 0.15) is 20.3 Å². The Labute approximate surface area is 131 Å². The molecule has 1 aliphatic rings. The first-order valence-electron chi connectivity index (χ1n) is 7.54. The van der Waals surface area contributed by atoms with Gasteiger partial charge in [0.1, 0.15) is 0 Å². The summed E-state index contributed by atoms with van der Waals surface area (Å²) < 4.78 is 5.16. The fourth-order valence-corrected chi connectivity index (χ4v) is 2.53. The molecule has 0 saturated carbocycles. The van der Waals surface area contributed by atoms with E-state index in [-0.39, 0.29) is 11.8 Å². The molecule has 0 amide bonds. The van der Waals surface area contributed by atoms with Gasteiger partial charge in [-0.1, -0.05) is 13.0 Å². The molecule has 3 atom stereocenters. The van der Waals surface area contributed by atoms with Crippen LogP contribution in [-0.2, 0) is 9.53 Å². The van der Waals surface area contributed by atoms with Gasteiger partial charge in [-0.3, -0.25) is 14.8 Å². The Kier molecular flexibility index (Phi) is 7.73. The molecule has 1 N–H and O–H groups in total. The summed E-state index contributed by atoms with van der Waals surface area (Å²) >= 11 is 0. The summed E-state index contributed by atoms with van der Waals surface area (Å²) in [5, 5.41) is 13.6. The van der Waals surface area contributed by atoms with Crippen LogP contribution in [0.4, 0.5) is 0 Å². The first-order valence-corrected chi connectivity index (χ1v) is 7.54. The van der Waals surface area contributed by atoms with Crippen molar-refractivity contribution in [3.05, 3.63) is 16.6 Å². The lowest BCUT2D eigenvalue weighted by Crippen LogP contribution is -2.28. The average molecular weight is 311 g/mol. The second-order valence-corrected chi connectivity index (χ2v) is 5.56. The molecule has 0 radical (unpaired) electrons. The summed E-state index contributed by atoms with van der Waals surface area (Å²) in [6.07, 6.45) is 3.96. The molecule has 0 aliphatic carbocycles. The summed E-state index contributed by atoms with van der Waals surface area (Å²) in [6.45, 7) is 5.92. The van der Waals surface area contributed by atoms with Gasteiger partial charge in [-0.05, 0) is 24.8 Å². The van der Waals surface area contributed by atoms with E-state index in [0.717, 1.165) is 0 Å². The second kappa shape index (κ2) is 9.30. The number of hydrogen-bond acceptors (Lipinski definition) is 5. The van der Waals surface area contributed by atoms with Gasteiger partial charge in [-0.15, -0.1) is 4.91 Å². The first kappa shape index (κ1) is 18.3. The third-order valence-corrected chi connectivity index (χ3v) is 3.98. The molecule has 0 saturated heterocycles. The molecule has 7 nitrogen and oxygen atoms in total. The molecule has 1 heterocycles. The minimum absolute atomic E-state index is 0.174. The predicted molar refractivity (Wildman–Crippen MR) is 84.8 cm³/mol. The number of aliphatic imine (C=N–C) groups is 1. The lowest BCUT2D eigenvalue weighted by Gasteiger charge is -2.25. The Morgan fingerprint density at radius 1 is 1.64 bits per heavy atom. The van der Waals surface area contributed by atoms with E-state index in [9.17, 15) is 14.8 Å². The number of nitroso groups, excluding NO2 is 1. The number of methoxy groups -OCH3 is 1. The summed E-state index contributed by atoms with van der Waals surface area (Å²) in [6, 6.07) is 0. The van der Waals surface area contributed by atoms with Crippen molar-refractivity contribution in [2.75, 3.05) is 33.4 Å². The molecule has 0 bridgehead atoms. The van der Waals surface area contributed by atoms with Crippen LogP contribution in [0.15, 0.2) is 21.9 Å². The zero-order valence-corrected chi connectivity index (χ0v) is 13.4. The van der Waals surface area contributed by atoms with Crippen LogP contribution in [0.25, 0.3) is 0 Å². The molecule has 3 unspecified atom stereocenters. The molecular weight excluding hydrogens is 286 g/mol. The molecule has 1 rings (SSSR count). The summed E-state index contributed by atoms with van der Waals surface area (Å²) in [5.74, 6) is -1.12. The number of dihydropyridines is 1. The van der Waals surface area contributed by atoms with Crippen LogP contribution in [0.5, 0.6) is 0 Å². The average Bonchev–Trinajstić information content (AvgIpc) is 2.51. The molecular formula is C15H25N3O4. The van der Waals surface area contributed by atoms with Gasteiger partial charge in [-0.2, -0.15) is 0 Å². The maximum atomic E-state index is 11.5. The fraction of sp³-hybridized carbons (Fsp3) is 0.733. The number of carboxylic acids is 1. The van der Waals surface area contributed by atoms with Crippen LogP contribution < -0.4 is 0 Å². The van der Waals surface area contributed by atoms with Crippen molar-refractivity contribution in [2.45, 2.75) is 20.3 Å². The summed E-state index contributed by atoms with van der Waals surface area (Å²) in [7, 11) is 1.65. The van der Waals surface area contributed by atoms with Gasteiger partial charge in [-0.25, -0.2) is 0 Å². The van der Waals surface area contributed by atoms with Crippen molar-refractivity contribution >= 4 is 12.2 Å². The Morgan fingerprint density at radius 3 is 2.91 bits per heavy atom. The van der Waals surface area contributed by atoms with Gasteiger partial charge in [0.2, 0.25) is 0 Å². The van der Waals surface area contributed by atoms with E-state index in [1.54, 1.807) is 20.2 Å². The Bertz CT molecular complexity index is 437. The van der Waals surface area contributed by atoms with E-state index in [0.29, 0.717) is 38.2 Å². The topological polar surface area (TPSA) is 91.6 Å². The number of carboxylic acid groups (broad SMARTS) is 1. The molecule has 0 spiro atoms. The zero-order chi connectivity index (χ0) is 16.5. The number of carbonyl (C=O) groups is 1. The van der Waals surface area contributed by atoms with Crippen molar-refractivity contribution in [3.63, 3.8) is 0 Å². The van der Waals surface area contributed by atoms with E-state index in [1.807, 2.05) is 6.08 Å². The second-order valence-electron chi connectivity index (χ2n) is 5.56. The van der Waals surface area contributed by atoms with E-state index in [2.05, 4.69) is 17.2 Å². The standard InChI is InChI=1S/C15H25N3O4/c1-4-18(17-21)6-5-14(15(19)20)13-7-12(8-16-9-13)11(2)10-22-3/h7,9,11-12,14H,4-6,8,10H2,1-3H3,(H,19,20). The van der Waals surface area contributed by atoms with Crippen molar-refractivity contribution < 1.29 is 14.6 Å². The molecule has 0 aromatic rings. The molecule has 0 aromatic heterocycles. The smallest absolute Gasteiger partial charge is 0.311 e. The van der Waals surface area contributed by atoms with Gasteiger partial charge >= 0.3 is 5.97 Å². The first-order chi connectivity index (χ1) is 10.5.